The van der Waals surface area contributed by atoms with Gasteiger partial charge in [0.05, 0.1) is 0 Å². The number of hydrogen-bond donors (Lipinski definition) is 1. The molecule has 1 aliphatic heterocycles. The lowest BCUT2D eigenvalue weighted by molar-refractivity contribution is 0.396. The molecule has 82 valence electrons. The van der Waals surface area contributed by atoms with Crippen molar-refractivity contribution in [1.82, 2.24) is 9.62 Å². The molecule has 1 aromatic rings. The molecule has 0 radical (unpaired) electrons. The van der Waals surface area contributed by atoms with Crippen molar-refractivity contribution in [2.24, 2.45) is 0 Å². The summed E-state index contributed by atoms with van der Waals surface area (Å²) in [5.41, 5.74) is 0. The molecule has 0 unspecified atom stereocenters. The van der Waals surface area contributed by atoms with Crippen molar-refractivity contribution in [3.8, 4) is 0 Å². The summed E-state index contributed by atoms with van der Waals surface area (Å²) in [4.78, 5) is 0.746. The second-order valence-electron chi connectivity index (χ2n) is 3.35. The molecule has 2 rings (SSSR count). The molecule has 0 aromatic heterocycles. The molecule has 1 heterocycles. The van der Waals surface area contributed by atoms with E-state index >= 15 is 0 Å². The van der Waals surface area contributed by atoms with Crippen LogP contribution in [-0.2, 0) is 0 Å². The number of halogens is 2. The highest BCUT2D eigenvalue weighted by atomic mass is 32.2. The minimum atomic E-state index is -0.792. The first-order valence-corrected chi connectivity index (χ1v) is 5.62. The maximum Gasteiger partial charge on any atom is 0.159 e. The number of hydrogen-bond acceptors (Lipinski definition) is 3. The van der Waals surface area contributed by atoms with Crippen LogP contribution in [0.4, 0.5) is 8.78 Å². The van der Waals surface area contributed by atoms with Crippen LogP contribution in [0.5, 0.6) is 0 Å². The van der Waals surface area contributed by atoms with Gasteiger partial charge in [-0.15, -0.1) is 0 Å². The van der Waals surface area contributed by atoms with Gasteiger partial charge in [0.25, 0.3) is 0 Å². The zero-order chi connectivity index (χ0) is 10.7. The molecule has 0 aliphatic carbocycles. The van der Waals surface area contributed by atoms with E-state index in [1.807, 2.05) is 0 Å². The molecule has 1 saturated heterocycles. The average Bonchev–Trinajstić information content (AvgIpc) is 2.25. The highest BCUT2D eigenvalue weighted by Crippen LogP contribution is 2.24. The number of piperazine rings is 1. The molecule has 5 heteroatoms. The van der Waals surface area contributed by atoms with Crippen LogP contribution in [0.15, 0.2) is 23.1 Å². The van der Waals surface area contributed by atoms with Crippen LogP contribution in [0.3, 0.4) is 0 Å². The van der Waals surface area contributed by atoms with Crippen LogP contribution in [0.25, 0.3) is 0 Å². The first-order valence-electron chi connectivity index (χ1n) is 4.84. The standard InChI is InChI=1S/C10H12F2N2S/c11-9-2-1-8(7-10(9)12)15-14-5-3-13-4-6-14/h1-2,7,13H,3-6H2. The van der Waals surface area contributed by atoms with Gasteiger partial charge in [-0.1, -0.05) is 0 Å². The van der Waals surface area contributed by atoms with Crippen molar-refractivity contribution in [2.75, 3.05) is 26.2 Å². The van der Waals surface area contributed by atoms with Crippen molar-refractivity contribution < 1.29 is 8.78 Å². The Morgan fingerprint density at radius 3 is 2.53 bits per heavy atom. The Bertz CT molecular complexity index is 340. The van der Waals surface area contributed by atoms with E-state index < -0.39 is 11.6 Å². The third-order valence-electron chi connectivity index (χ3n) is 2.20. The Labute approximate surface area is 91.8 Å². The maximum absolute atomic E-state index is 12.9. The zero-order valence-electron chi connectivity index (χ0n) is 8.17. The molecule has 0 amide bonds. The molecule has 1 aliphatic rings. The van der Waals surface area contributed by atoms with Gasteiger partial charge in [-0.3, -0.25) is 0 Å². The fraction of sp³-hybridized carbons (Fsp3) is 0.400. The third-order valence-corrected chi connectivity index (χ3v) is 3.29. The maximum atomic E-state index is 12.9. The third kappa shape index (κ3) is 2.90. The van der Waals surface area contributed by atoms with E-state index in [4.69, 9.17) is 0 Å². The summed E-state index contributed by atoms with van der Waals surface area (Å²) in [7, 11) is 0. The fourth-order valence-electron chi connectivity index (χ4n) is 1.42. The van der Waals surface area contributed by atoms with Crippen LogP contribution in [0.1, 0.15) is 0 Å². The van der Waals surface area contributed by atoms with Crippen LogP contribution < -0.4 is 5.32 Å². The number of nitrogens with zero attached hydrogens (tertiary/aromatic N) is 1. The highest BCUT2D eigenvalue weighted by Gasteiger charge is 2.11. The topological polar surface area (TPSA) is 15.3 Å². The molecule has 2 nitrogen and oxygen atoms in total. The summed E-state index contributed by atoms with van der Waals surface area (Å²) in [6, 6.07) is 4.01. The predicted molar refractivity (Wildman–Crippen MR) is 56.7 cm³/mol. The van der Waals surface area contributed by atoms with Gasteiger partial charge < -0.3 is 5.32 Å². The Morgan fingerprint density at radius 2 is 1.87 bits per heavy atom. The van der Waals surface area contributed by atoms with E-state index in [2.05, 4.69) is 9.62 Å². The summed E-state index contributed by atoms with van der Waals surface area (Å²) >= 11 is 1.47. The van der Waals surface area contributed by atoms with Crippen molar-refractivity contribution in [1.29, 1.82) is 0 Å². The molecule has 1 fully saturated rings. The molecule has 0 saturated carbocycles. The first-order chi connectivity index (χ1) is 7.25. The summed E-state index contributed by atoms with van der Waals surface area (Å²) in [5, 5.41) is 3.23. The fourth-order valence-corrected chi connectivity index (χ4v) is 2.37. The van der Waals surface area contributed by atoms with Gasteiger partial charge in [0, 0.05) is 31.1 Å². The summed E-state index contributed by atoms with van der Waals surface area (Å²) < 4.78 is 27.7. The van der Waals surface area contributed by atoms with Crippen LogP contribution in [-0.4, -0.2) is 30.5 Å². The van der Waals surface area contributed by atoms with E-state index in [0.29, 0.717) is 0 Å². The largest absolute Gasteiger partial charge is 0.314 e. The molecule has 0 atom stereocenters. The van der Waals surface area contributed by atoms with Gasteiger partial charge >= 0.3 is 0 Å². The minimum Gasteiger partial charge on any atom is -0.314 e. The second-order valence-corrected chi connectivity index (χ2v) is 4.52. The SMILES string of the molecule is Fc1ccc(SN2CCNCC2)cc1F. The summed E-state index contributed by atoms with van der Waals surface area (Å²) in [6.07, 6.45) is 0. The van der Waals surface area contributed by atoms with Crippen molar-refractivity contribution >= 4 is 11.9 Å². The zero-order valence-corrected chi connectivity index (χ0v) is 8.99. The lowest BCUT2D eigenvalue weighted by Crippen LogP contribution is -2.39. The van der Waals surface area contributed by atoms with E-state index in [9.17, 15) is 8.78 Å². The highest BCUT2D eigenvalue weighted by molar-refractivity contribution is 7.97. The van der Waals surface area contributed by atoms with Gasteiger partial charge in [0.1, 0.15) is 0 Å². The van der Waals surface area contributed by atoms with Crippen LogP contribution >= 0.6 is 11.9 Å². The van der Waals surface area contributed by atoms with Crippen LogP contribution in [0, 0.1) is 11.6 Å². The lowest BCUT2D eigenvalue weighted by atomic mass is 10.3. The van der Waals surface area contributed by atoms with Gasteiger partial charge in [-0.25, -0.2) is 13.1 Å². The molecule has 1 N–H and O–H groups in total. The molecule has 0 spiro atoms. The van der Waals surface area contributed by atoms with E-state index in [1.54, 1.807) is 6.07 Å². The van der Waals surface area contributed by atoms with Gasteiger partial charge in [-0.2, -0.15) is 0 Å². The second kappa shape index (κ2) is 4.92. The van der Waals surface area contributed by atoms with Crippen molar-refractivity contribution in [2.45, 2.75) is 4.90 Å². The van der Waals surface area contributed by atoms with Gasteiger partial charge in [0.2, 0.25) is 0 Å². The van der Waals surface area contributed by atoms with Crippen molar-refractivity contribution in [3.63, 3.8) is 0 Å². The monoisotopic (exact) mass is 230 g/mol. The Hall–Kier alpha value is -0.650. The lowest BCUT2D eigenvalue weighted by Gasteiger charge is -2.25. The Kier molecular flexibility index (Phi) is 3.56. The van der Waals surface area contributed by atoms with Crippen molar-refractivity contribution in [3.05, 3.63) is 29.8 Å². The van der Waals surface area contributed by atoms with E-state index in [1.165, 1.54) is 24.1 Å². The normalized spacial score (nSPS) is 18.0. The Morgan fingerprint density at radius 1 is 1.13 bits per heavy atom. The number of nitrogens with one attached hydrogen (secondary N) is 1. The molecular formula is C10H12F2N2S. The Balaban J connectivity index is 2.00. The van der Waals surface area contributed by atoms with E-state index in [-0.39, 0.29) is 0 Å². The van der Waals surface area contributed by atoms with E-state index in [0.717, 1.165) is 31.1 Å². The number of rotatable bonds is 2. The molecule has 0 bridgehead atoms. The average molecular weight is 230 g/mol. The quantitative estimate of drug-likeness (QED) is 0.781. The number of benzene rings is 1. The van der Waals surface area contributed by atoms with Gasteiger partial charge in [0.15, 0.2) is 11.6 Å². The first kappa shape index (κ1) is 10.9. The summed E-state index contributed by atoms with van der Waals surface area (Å²) in [6.45, 7) is 3.72. The van der Waals surface area contributed by atoms with Crippen LogP contribution in [0.2, 0.25) is 0 Å². The molecular weight excluding hydrogens is 218 g/mol. The van der Waals surface area contributed by atoms with Gasteiger partial charge in [-0.05, 0) is 30.1 Å². The minimum absolute atomic E-state index is 0.746. The molecule has 15 heavy (non-hydrogen) atoms. The predicted octanol–water partition coefficient (Wildman–Crippen LogP) is 1.88. The molecule has 1 aromatic carbocycles. The summed E-state index contributed by atoms with van der Waals surface area (Å²) in [5.74, 6) is -1.57. The smallest absolute Gasteiger partial charge is 0.159 e.